The van der Waals surface area contributed by atoms with Crippen molar-refractivity contribution < 1.29 is 74.4 Å². The number of nitrogens with two attached hydrogens (primary N) is 2. The molecular formula is C56H71N9O15S. The fourth-order valence-corrected chi connectivity index (χ4v) is 11.0. The van der Waals surface area contributed by atoms with Gasteiger partial charge in [0.2, 0.25) is 35.4 Å². The van der Waals surface area contributed by atoms with Crippen LogP contribution in [0.25, 0.3) is 22.3 Å². The van der Waals surface area contributed by atoms with Crippen molar-refractivity contribution in [3.8, 4) is 28.0 Å². The van der Waals surface area contributed by atoms with E-state index in [1.807, 2.05) is 55.5 Å². The SMILES string of the molecule is Cc1ccc(-c2ccc(-c3ccc(C(=O)NC4CC(O)C(SCCN)NC(=O)C5C(O)CCN5C(=O)C(C(O)CCN)NC(=O)C(C(O)C(O)c5ccc(O)cc5)NC(=O)C5CC(O)CN5C(=O)C(C(C)O)NC4=O)cc3)cc2)cc1. The first-order valence-electron chi connectivity index (χ1n) is 26.6. The van der Waals surface area contributed by atoms with Crippen LogP contribution in [0.4, 0.5) is 0 Å². The summed E-state index contributed by atoms with van der Waals surface area (Å²) < 4.78 is 0. The number of hydrogen-bond acceptors (Lipinski definition) is 18. The van der Waals surface area contributed by atoms with E-state index in [9.17, 15) is 74.4 Å². The molecule has 25 heteroatoms. The van der Waals surface area contributed by atoms with Gasteiger partial charge in [0, 0.05) is 43.8 Å². The standard InChI is InChI=1S/C56H71N9O15S/c1-28-3-5-30(6-4-28)31-7-9-32(10-8-31)33-11-13-35(14-12-33)49(74)59-38-26-42(71)54(81-24-22-58)63-53(78)46-41(70)20-23-64(46)56(80)44(40(69)19-21-57)61-52(77)45(48(73)47(72)34-15-17-36(67)18-16-34)62-51(76)39-25-37(68)27-65(39)55(79)43(29(2)66)60-50(38)75/h3-18,29,37-48,54,66-73H,19-27,57-58H2,1-2H3,(H,59,74)(H,60,75)(H,61,77)(H,62,76)(H,63,78). The lowest BCUT2D eigenvalue weighted by atomic mass is 9.96. The number of aliphatic hydroxyl groups is 7. The monoisotopic (exact) mass is 1140 g/mol. The van der Waals surface area contributed by atoms with Gasteiger partial charge in [-0.05, 0) is 85.3 Å². The second-order valence-electron chi connectivity index (χ2n) is 20.5. The van der Waals surface area contributed by atoms with Gasteiger partial charge in [-0.3, -0.25) is 33.6 Å². The van der Waals surface area contributed by atoms with Gasteiger partial charge in [-0.1, -0.05) is 78.4 Å². The summed E-state index contributed by atoms with van der Waals surface area (Å²) in [4.78, 5) is 103. The van der Waals surface area contributed by atoms with E-state index >= 15 is 0 Å². The van der Waals surface area contributed by atoms with Crippen molar-refractivity contribution in [1.82, 2.24) is 36.4 Å². The Labute approximate surface area is 471 Å². The Balaban J connectivity index is 1.25. The van der Waals surface area contributed by atoms with E-state index in [1.165, 1.54) is 24.3 Å². The van der Waals surface area contributed by atoms with Crippen molar-refractivity contribution in [2.45, 2.75) is 124 Å². The average Bonchev–Trinajstić information content (AvgIpc) is 4.11. The predicted octanol–water partition coefficient (Wildman–Crippen LogP) is -2.41. The molecule has 7 rings (SSSR count). The molecule has 0 aromatic heterocycles. The maximum Gasteiger partial charge on any atom is 0.251 e. The summed E-state index contributed by atoms with van der Waals surface area (Å²) in [5, 5.41) is 101. The van der Waals surface area contributed by atoms with Crippen LogP contribution in [-0.2, 0) is 28.8 Å². The number of fused-ring (bicyclic) bond motifs is 2. The quantitative estimate of drug-likeness (QED) is 0.0626. The van der Waals surface area contributed by atoms with E-state index in [0.29, 0.717) is 0 Å². The molecule has 436 valence electrons. The van der Waals surface area contributed by atoms with Crippen LogP contribution in [0.1, 0.15) is 60.2 Å². The number of aromatic hydroxyl groups is 1. The molecular weight excluding hydrogens is 1070 g/mol. The minimum atomic E-state index is -2.30. The first-order valence-corrected chi connectivity index (χ1v) is 27.6. The number of nitrogens with one attached hydrogen (secondary N) is 5. The maximum absolute atomic E-state index is 14.7. The second kappa shape index (κ2) is 27.6. The number of aryl methyl sites for hydroxylation is 1. The lowest BCUT2D eigenvalue weighted by Crippen LogP contribution is -2.64. The van der Waals surface area contributed by atoms with Gasteiger partial charge in [-0.25, -0.2) is 0 Å². The molecule has 0 aliphatic carbocycles. The Morgan fingerprint density at radius 2 is 1.22 bits per heavy atom. The molecule has 0 spiro atoms. The number of carbonyl (C=O) groups excluding carboxylic acids is 7. The van der Waals surface area contributed by atoms with Crippen LogP contribution < -0.4 is 38.1 Å². The fraction of sp³-hybridized carbons (Fsp3) is 0.446. The number of carbonyl (C=O) groups is 7. The topological polar surface area (TPSA) is 400 Å². The molecule has 14 unspecified atom stereocenters. The Hall–Kier alpha value is -7.04. The van der Waals surface area contributed by atoms with Crippen molar-refractivity contribution in [1.29, 1.82) is 0 Å². The van der Waals surface area contributed by atoms with Crippen molar-refractivity contribution in [2.24, 2.45) is 11.5 Å². The van der Waals surface area contributed by atoms with Crippen LogP contribution >= 0.6 is 11.8 Å². The van der Waals surface area contributed by atoms with Crippen molar-refractivity contribution in [2.75, 3.05) is 31.9 Å². The van der Waals surface area contributed by atoms with Crippen molar-refractivity contribution in [3.63, 3.8) is 0 Å². The molecule has 4 aromatic carbocycles. The predicted molar refractivity (Wildman–Crippen MR) is 296 cm³/mol. The van der Waals surface area contributed by atoms with Crippen LogP contribution in [-0.4, -0.2) is 202 Å². The van der Waals surface area contributed by atoms with E-state index in [1.54, 1.807) is 12.1 Å². The smallest absolute Gasteiger partial charge is 0.251 e. The number of thioether (sulfide) groups is 1. The van der Waals surface area contributed by atoms with Crippen LogP contribution in [0, 0.1) is 6.92 Å². The highest BCUT2D eigenvalue weighted by Crippen LogP contribution is 2.29. The number of phenols is 1. The van der Waals surface area contributed by atoms with E-state index in [-0.39, 0.29) is 55.1 Å². The molecule has 0 radical (unpaired) electrons. The van der Waals surface area contributed by atoms with E-state index in [4.69, 9.17) is 11.5 Å². The Kier molecular flexibility index (Phi) is 21.0. The number of rotatable bonds is 14. The first-order chi connectivity index (χ1) is 38.6. The molecule has 4 aromatic rings. The minimum Gasteiger partial charge on any atom is -0.508 e. The first kappa shape index (κ1) is 61.6. The molecule has 3 saturated heterocycles. The summed E-state index contributed by atoms with van der Waals surface area (Å²) in [6.07, 6.45) is -14.3. The summed E-state index contributed by atoms with van der Waals surface area (Å²) >= 11 is 0.910. The molecule has 17 N–H and O–H groups in total. The molecule has 3 aliphatic heterocycles. The van der Waals surface area contributed by atoms with Gasteiger partial charge in [0.15, 0.2) is 0 Å². The van der Waals surface area contributed by atoms with Crippen LogP contribution in [0.2, 0.25) is 0 Å². The molecule has 24 nitrogen and oxygen atoms in total. The van der Waals surface area contributed by atoms with Gasteiger partial charge in [-0.15, -0.1) is 11.8 Å². The zero-order valence-corrected chi connectivity index (χ0v) is 45.4. The van der Waals surface area contributed by atoms with Gasteiger partial charge >= 0.3 is 0 Å². The van der Waals surface area contributed by atoms with Crippen LogP contribution in [0.3, 0.4) is 0 Å². The molecule has 3 fully saturated rings. The number of aliphatic hydroxyl groups excluding tert-OH is 7. The molecule has 3 aliphatic rings. The molecule has 7 amide bonds. The normalized spacial score (nSPS) is 26.9. The van der Waals surface area contributed by atoms with E-state index in [0.717, 1.165) is 68.4 Å². The highest BCUT2D eigenvalue weighted by Gasteiger charge is 2.49. The zero-order valence-electron chi connectivity index (χ0n) is 44.6. The molecule has 0 saturated carbocycles. The fourth-order valence-electron chi connectivity index (χ4n) is 10.1. The molecule has 14 atom stereocenters. The third-order valence-corrected chi connectivity index (χ3v) is 15.9. The summed E-state index contributed by atoms with van der Waals surface area (Å²) in [5.74, 6) is -8.04. The average molecular weight is 1140 g/mol. The summed E-state index contributed by atoms with van der Waals surface area (Å²) in [7, 11) is 0. The Bertz CT molecular complexity index is 2850. The van der Waals surface area contributed by atoms with Gasteiger partial charge in [0.05, 0.1) is 30.5 Å². The van der Waals surface area contributed by atoms with Gasteiger partial charge in [0.25, 0.3) is 5.91 Å². The second-order valence-corrected chi connectivity index (χ2v) is 21.8. The lowest BCUT2D eigenvalue weighted by molar-refractivity contribution is -0.148. The number of phenolic OH excluding ortho intramolecular Hbond substituents is 1. The van der Waals surface area contributed by atoms with Crippen molar-refractivity contribution >= 4 is 53.1 Å². The third-order valence-electron chi connectivity index (χ3n) is 14.6. The third kappa shape index (κ3) is 14.9. The number of benzene rings is 4. The highest BCUT2D eigenvalue weighted by molar-refractivity contribution is 7.99. The molecule has 81 heavy (non-hydrogen) atoms. The van der Waals surface area contributed by atoms with E-state index < -0.39 is 145 Å². The lowest BCUT2D eigenvalue weighted by Gasteiger charge is -2.35. The van der Waals surface area contributed by atoms with Crippen molar-refractivity contribution in [3.05, 3.63) is 114 Å². The largest absolute Gasteiger partial charge is 0.508 e. The van der Waals surface area contributed by atoms with Gasteiger partial charge < -0.3 is 88.7 Å². The number of hydrogen-bond donors (Lipinski definition) is 15. The summed E-state index contributed by atoms with van der Waals surface area (Å²) in [5.41, 5.74) is 16.3. The number of amides is 7. The van der Waals surface area contributed by atoms with Crippen LogP contribution in [0.15, 0.2) is 97.1 Å². The molecule has 0 bridgehead atoms. The maximum atomic E-state index is 14.7. The Morgan fingerprint density at radius 3 is 1.80 bits per heavy atom. The van der Waals surface area contributed by atoms with E-state index in [2.05, 4.69) is 26.6 Å². The highest BCUT2D eigenvalue weighted by atomic mass is 32.2. The zero-order chi connectivity index (χ0) is 58.8. The number of nitrogens with zero attached hydrogens (tertiary/aromatic N) is 2. The minimum absolute atomic E-state index is 0.0117. The van der Waals surface area contributed by atoms with Crippen LogP contribution in [0.5, 0.6) is 5.75 Å². The van der Waals surface area contributed by atoms with Gasteiger partial charge in [0.1, 0.15) is 59.6 Å². The summed E-state index contributed by atoms with van der Waals surface area (Å²) in [6, 6.07) is 15.6. The summed E-state index contributed by atoms with van der Waals surface area (Å²) in [6.45, 7) is 2.02. The van der Waals surface area contributed by atoms with Gasteiger partial charge in [-0.2, -0.15) is 0 Å². The molecule has 3 heterocycles. The Morgan fingerprint density at radius 1 is 0.667 bits per heavy atom.